The predicted octanol–water partition coefficient (Wildman–Crippen LogP) is 3.27. The van der Waals surface area contributed by atoms with Crippen molar-refractivity contribution in [3.63, 3.8) is 0 Å². The molecule has 0 radical (unpaired) electrons. The van der Waals surface area contributed by atoms with Gasteiger partial charge < -0.3 is 10.1 Å². The van der Waals surface area contributed by atoms with Crippen LogP contribution in [0.3, 0.4) is 0 Å². The Hall–Kier alpha value is -2.89. The van der Waals surface area contributed by atoms with Crippen LogP contribution in [0.5, 0.6) is 5.75 Å². The highest BCUT2D eigenvalue weighted by atomic mass is 19.1. The molecule has 0 saturated heterocycles. The van der Waals surface area contributed by atoms with Crippen LogP contribution in [0.25, 0.3) is 10.9 Å². The molecular formula is C16H14FN3O2. The Kier molecular flexibility index (Phi) is 3.50. The summed E-state index contributed by atoms with van der Waals surface area (Å²) in [7, 11) is 1.38. The number of hydrogen-bond donors (Lipinski definition) is 2. The smallest absolute Gasteiger partial charge is 0.276 e. The number of ether oxygens (including phenoxy) is 1. The maximum atomic E-state index is 13.7. The van der Waals surface area contributed by atoms with Gasteiger partial charge in [0.2, 0.25) is 0 Å². The average molecular weight is 299 g/mol. The van der Waals surface area contributed by atoms with Crippen LogP contribution in [-0.2, 0) is 0 Å². The van der Waals surface area contributed by atoms with Gasteiger partial charge in [0.25, 0.3) is 5.91 Å². The number of rotatable bonds is 3. The number of halogens is 1. The fourth-order valence-electron chi connectivity index (χ4n) is 2.24. The van der Waals surface area contributed by atoms with Crippen LogP contribution in [0.2, 0.25) is 0 Å². The molecule has 2 N–H and O–H groups in total. The number of carbonyl (C=O) groups is 1. The van der Waals surface area contributed by atoms with Crippen LogP contribution in [0, 0.1) is 12.7 Å². The molecule has 0 unspecified atom stereocenters. The van der Waals surface area contributed by atoms with E-state index in [-0.39, 0.29) is 11.4 Å². The minimum Gasteiger partial charge on any atom is -0.494 e. The van der Waals surface area contributed by atoms with Crippen LogP contribution in [-0.4, -0.2) is 23.2 Å². The summed E-state index contributed by atoms with van der Waals surface area (Å²) in [5.74, 6) is -0.816. The van der Waals surface area contributed by atoms with Gasteiger partial charge in [-0.2, -0.15) is 5.10 Å². The van der Waals surface area contributed by atoms with Gasteiger partial charge >= 0.3 is 0 Å². The number of amides is 1. The molecule has 1 aromatic heterocycles. The molecule has 0 bridgehead atoms. The van der Waals surface area contributed by atoms with E-state index in [1.54, 1.807) is 6.07 Å². The van der Waals surface area contributed by atoms with Gasteiger partial charge in [-0.25, -0.2) is 4.39 Å². The molecule has 0 aliphatic rings. The van der Waals surface area contributed by atoms with Gasteiger partial charge in [0.1, 0.15) is 0 Å². The number of methoxy groups -OCH3 is 1. The minimum atomic E-state index is -0.539. The lowest BCUT2D eigenvalue weighted by Gasteiger charge is -2.06. The standard InChI is InChI=1S/C16H14FN3O2/c1-9-3-5-13-11(7-9)15(20-19-13)16(21)18-10-4-6-14(22-2)12(17)8-10/h3-8H,1-2H3,(H,18,21)(H,19,20). The molecule has 0 saturated carbocycles. The highest BCUT2D eigenvalue weighted by Crippen LogP contribution is 2.22. The lowest BCUT2D eigenvalue weighted by Crippen LogP contribution is -2.13. The lowest BCUT2D eigenvalue weighted by atomic mass is 10.1. The Bertz CT molecular complexity index is 858. The van der Waals surface area contributed by atoms with Crippen LogP contribution in [0.15, 0.2) is 36.4 Å². The quantitative estimate of drug-likeness (QED) is 0.780. The van der Waals surface area contributed by atoms with Gasteiger partial charge in [0.05, 0.1) is 12.6 Å². The van der Waals surface area contributed by atoms with E-state index in [0.717, 1.165) is 16.5 Å². The third kappa shape index (κ3) is 2.50. The Morgan fingerprint density at radius 3 is 2.82 bits per heavy atom. The summed E-state index contributed by atoms with van der Waals surface area (Å²) in [5, 5.41) is 10.2. The van der Waals surface area contributed by atoms with Crippen LogP contribution >= 0.6 is 0 Å². The zero-order valence-electron chi connectivity index (χ0n) is 12.1. The Balaban J connectivity index is 1.90. The molecule has 22 heavy (non-hydrogen) atoms. The number of anilines is 1. The molecule has 2 aromatic carbocycles. The number of nitrogens with one attached hydrogen (secondary N) is 2. The number of aromatic nitrogens is 2. The van der Waals surface area contributed by atoms with Crippen molar-refractivity contribution in [3.8, 4) is 5.75 Å². The van der Waals surface area contributed by atoms with Gasteiger partial charge in [0, 0.05) is 17.1 Å². The molecule has 0 aliphatic carbocycles. The number of fused-ring (bicyclic) bond motifs is 1. The highest BCUT2D eigenvalue weighted by molar-refractivity contribution is 6.11. The highest BCUT2D eigenvalue weighted by Gasteiger charge is 2.15. The van der Waals surface area contributed by atoms with Crippen LogP contribution < -0.4 is 10.1 Å². The molecule has 0 aliphatic heterocycles. The number of hydrogen-bond acceptors (Lipinski definition) is 3. The molecule has 112 valence electrons. The number of aryl methyl sites for hydroxylation is 1. The monoisotopic (exact) mass is 299 g/mol. The summed E-state index contributed by atoms with van der Waals surface area (Å²) in [4.78, 5) is 12.3. The third-order valence-corrected chi connectivity index (χ3v) is 3.34. The summed E-state index contributed by atoms with van der Waals surface area (Å²) < 4.78 is 18.5. The van der Waals surface area contributed by atoms with Gasteiger partial charge in [0.15, 0.2) is 17.3 Å². The van der Waals surface area contributed by atoms with E-state index in [1.165, 1.54) is 19.2 Å². The molecule has 1 amide bonds. The number of aromatic amines is 1. The largest absolute Gasteiger partial charge is 0.494 e. The SMILES string of the molecule is COc1ccc(NC(=O)c2n[nH]c3ccc(C)cc23)cc1F. The molecule has 3 rings (SSSR count). The normalized spacial score (nSPS) is 10.7. The summed E-state index contributed by atoms with van der Waals surface area (Å²) in [6, 6.07) is 9.90. The van der Waals surface area contributed by atoms with Gasteiger partial charge in [-0.3, -0.25) is 9.89 Å². The molecule has 1 heterocycles. The number of H-pyrrole nitrogens is 1. The van der Waals surface area contributed by atoms with Crippen molar-refractivity contribution >= 4 is 22.5 Å². The van der Waals surface area contributed by atoms with Crippen molar-refractivity contribution in [2.45, 2.75) is 6.92 Å². The van der Waals surface area contributed by atoms with Crippen molar-refractivity contribution in [2.75, 3.05) is 12.4 Å². The molecule has 0 atom stereocenters. The molecule has 6 heteroatoms. The van der Waals surface area contributed by atoms with Crippen LogP contribution in [0.4, 0.5) is 10.1 Å². The van der Waals surface area contributed by atoms with Crippen molar-refractivity contribution < 1.29 is 13.9 Å². The third-order valence-electron chi connectivity index (χ3n) is 3.34. The Morgan fingerprint density at radius 2 is 2.09 bits per heavy atom. The van der Waals surface area contributed by atoms with E-state index in [2.05, 4.69) is 15.5 Å². The van der Waals surface area contributed by atoms with E-state index >= 15 is 0 Å². The lowest BCUT2D eigenvalue weighted by molar-refractivity contribution is 0.102. The molecular weight excluding hydrogens is 285 g/mol. The van der Waals surface area contributed by atoms with Crippen molar-refractivity contribution in [1.82, 2.24) is 10.2 Å². The molecule has 0 fully saturated rings. The first-order chi connectivity index (χ1) is 10.6. The van der Waals surface area contributed by atoms with E-state index in [0.29, 0.717) is 5.69 Å². The fourth-order valence-corrected chi connectivity index (χ4v) is 2.24. The molecule has 3 aromatic rings. The topological polar surface area (TPSA) is 67.0 Å². The first kappa shape index (κ1) is 14.1. The van der Waals surface area contributed by atoms with Gasteiger partial charge in [-0.1, -0.05) is 11.6 Å². The number of carbonyl (C=O) groups excluding carboxylic acids is 1. The first-order valence-electron chi connectivity index (χ1n) is 6.68. The van der Waals surface area contributed by atoms with Crippen LogP contribution in [0.1, 0.15) is 16.1 Å². The summed E-state index contributed by atoms with van der Waals surface area (Å²) >= 11 is 0. The van der Waals surface area contributed by atoms with Crippen molar-refractivity contribution in [2.24, 2.45) is 0 Å². The number of nitrogens with zero attached hydrogens (tertiary/aromatic N) is 1. The first-order valence-corrected chi connectivity index (χ1v) is 6.68. The van der Waals surface area contributed by atoms with Crippen molar-refractivity contribution in [3.05, 3.63) is 53.5 Å². The zero-order chi connectivity index (χ0) is 15.7. The minimum absolute atomic E-state index is 0.124. The Labute approximate surface area is 126 Å². The predicted molar refractivity (Wildman–Crippen MR) is 81.7 cm³/mol. The van der Waals surface area contributed by atoms with Gasteiger partial charge in [-0.05, 0) is 31.2 Å². The van der Waals surface area contributed by atoms with E-state index in [1.807, 2.05) is 25.1 Å². The van der Waals surface area contributed by atoms with E-state index in [4.69, 9.17) is 4.74 Å². The second-order valence-electron chi connectivity index (χ2n) is 4.92. The van der Waals surface area contributed by atoms with E-state index in [9.17, 15) is 9.18 Å². The average Bonchev–Trinajstić information content (AvgIpc) is 2.90. The second kappa shape index (κ2) is 5.48. The molecule has 0 spiro atoms. The maximum Gasteiger partial charge on any atom is 0.276 e. The number of benzene rings is 2. The van der Waals surface area contributed by atoms with Gasteiger partial charge in [-0.15, -0.1) is 0 Å². The maximum absolute atomic E-state index is 13.7. The summed E-state index contributed by atoms with van der Waals surface area (Å²) in [5.41, 5.74) is 2.41. The summed E-state index contributed by atoms with van der Waals surface area (Å²) in [6.45, 7) is 1.94. The Morgan fingerprint density at radius 1 is 1.27 bits per heavy atom. The zero-order valence-corrected chi connectivity index (χ0v) is 12.1. The fraction of sp³-hybridized carbons (Fsp3) is 0.125. The summed E-state index contributed by atoms with van der Waals surface area (Å²) in [6.07, 6.45) is 0. The van der Waals surface area contributed by atoms with Crippen molar-refractivity contribution in [1.29, 1.82) is 0 Å². The molecule has 5 nitrogen and oxygen atoms in total. The second-order valence-corrected chi connectivity index (χ2v) is 4.92. The van der Waals surface area contributed by atoms with E-state index < -0.39 is 11.7 Å².